The quantitative estimate of drug-likeness (QED) is 0.518. The van der Waals surface area contributed by atoms with Gasteiger partial charge in [0.15, 0.2) is 0 Å². The van der Waals surface area contributed by atoms with Gasteiger partial charge in [0, 0.05) is 32.7 Å². The molecule has 1 heterocycles. The highest BCUT2D eigenvalue weighted by Crippen LogP contribution is 2.05. The zero-order valence-electron chi connectivity index (χ0n) is 8.08. The molecule has 0 aromatic rings. The third-order valence-electron chi connectivity index (χ3n) is 2.18. The minimum Gasteiger partial charge on any atom is -0.395 e. The fraction of sp³-hybridized carbons (Fsp3) is 0.875. The Hall–Kier alpha value is -0.810. The minimum atomic E-state index is -0.0783. The van der Waals surface area contributed by atoms with Crippen LogP contribution in [0.3, 0.4) is 0 Å². The van der Waals surface area contributed by atoms with Crippen molar-refractivity contribution in [1.82, 2.24) is 15.5 Å². The van der Waals surface area contributed by atoms with E-state index >= 15 is 0 Å². The van der Waals surface area contributed by atoms with E-state index in [-0.39, 0.29) is 24.7 Å². The van der Waals surface area contributed by atoms with Crippen LogP contribution in [-0.2, 0) is 0 Å². The number of rotatable bonds is 2. The molecule has 1 rings (SSSR count). The first-order chi connectivity index (χ1) is 6.13. The summed E-state index contributed by atoms with van der Waals surface area (Å²) in [6.07, 6.45) is 0.802. The molecule has 1 aliphatic heterocycles. The van der Waals surface area contributed by atoms with Crippen molar-refractivity contribution in [2.24, 2.45) is 0 Å². The topological polar surface area (TPSA) is 64.6 Å². The normalized spacial score (nSPS) is 27.3. The minimum absolute atomic E-state index is 0.0783. The maximum absolute atomic E-state index is 11.2. The Labute approximate surface area is 78.1 Å². The van der Waals surface area contributed by atoms with Crippen molar-refractivity contribution in [1.29, 1.82) is 0 Å². The van der Waals surface area contributed by atoms with Crippen LogP contribution in [0.25, 0.3) is 0 Å². The van der Waals surface area contributed by atoms with Gasteiger partial charge in [-0.3, -0.25) is 0 Å². The van der Waals surface area contributed by atoms with E-state index in [4.69, 9.17) is 5.11 Å². The van der Waals surface area contributed by atoms with E-state index in [9.17, 15) is 4.79 Å². The van der Waals surface area contributed by atoms with Crippen LogP contribution in [0.15, 0.2) is 0 Å². The lowest BCUT2D eigenvalue weighted by molar-refractivity contribution is 0.213. The Kier molecular flexibility index (Phi) is 3.50. The first kappa shape index (κ1) is 10.3. The van der Waals surface area contributed by atoms with Gasteiger partial charge in [0.05, 0.1) is 6.61 Å². The van der Waals surface area contributed by atoms with Gasteiger partial charge in [0.2, 0.25) is 0 Å². The average Bonchev–Trinajstić information content (AvgIpc) is 2.52. The van der Waals surface area contributed by atoms with Crippen LogP contribution in [0, 0.1) is 0 Å². The molecule has 76 valence electrons. The molecule has 0 aliphatic carbocycles. The van der Waals surface area contributed by atoms with Crippen LogP contribution in [0.4, 0.5) is 4.79 Å². The highest BCUT2D eigenvalue weighted by molar-refractivity contribution is 5.73. The van der Waals surface area contributed by atoms with Crippen LogP contribution < -0.4 is 10.6 Å². The lowest BCUT2D eigenvalue weighted by Crippen LogP contribution is -2.42. The Morgan fingerprint density at radius 2 is 2.38 bits per heavy atom. The van der Waals surface area contributed by atoms with Gasteiger partial charge in [0.1, 0.15) is 0 Å². The highest BCUT2D eigenvalue weighted by Gasteiger charge is 2.24. The molecule has 2 unspecified atom stereocenters. The summed E-state index contributed by atoms with van der Waals surface area (Å²) < 4.78 is 0. The van der Waals surface area contributed by atoms with Gasteiger partial charge in [-0.05, 0) is 6.42 Å². The number of amides is 2. The third kappa shape index (κ3) is 2.86. The van der Waals surface area contributed by atoms with Crippen LogP contribution >= 0.6 is 0 Å². The van der Waals surface area contributed by atoms with E-state index in [1.165, 1.54) is 4.90 Å². The summed E-state index contributed by atoms with van der Waals surface area (Å²) in [6.45, 7) is 0.874. The molecule has 0 spiro atoms. The molecule has 2 atom stereocenters. The lowest BCUT2D eigenvalue weighted by Gasteiger charge is -2.16. The number of hydrogen-bond acceptors (Lipinski definition) is 3. The van der Waals surface area contributed by atoms with E-state index in [0.29, 0.717) is 0 Å². The molecule has 1 aliphatic rings. The molecule has 13 heavy (non-hydrogen) atoms. The van der Waals surface area contributed by atoms with E-state index in [1.807, 2.05) is 0 Å². The summed E-state index contributed by atoms with van der Waals surface area (Å²) in [5, 5.41) is 14.8. The molecule has 0 aromatic carbocycles. The molecule has 3 N–H and O–H groups in total. The average molecular weight is 187 g/mol. The molecule has 5 heteroatoms. The zero-order valence-corrected chi connectivity index (χ0v) is 8.08. The Bertz CT molecular complexity index is 184. The summed E-state index contributed by atoms with van der Waals surface area (Å²) in [5.41, 5.74) is 0. The second-order valence-electron chi connectivity index (χ2n) is 3.56. The Balaban J connectivity index is 2.28. The van der Waals surface area contributed by atoms with Crippen molar-refractivity contribution in [2.45, 2.75) is 18.5 Å². The monoisotopic (exact) mass is 187 g/mol. The van der Waals surface area contributed by atoms with Crippen molar-refractivity contribution >= 4 is 6.03 Å². The van der Waals surface area contributed by atoms with Crippen molar-refractivity contribution in [3.8, 4) is 0 Å². The largest absolute Gasteiger partial charge is 0.395 e. The first-order valence-corrected chi connectivity index (χ1v) is 4.45. The highest BCUT2D eigenvalue weighted by atomic mass is 16.3. The van der Waals surface area contributed by atoms with Crippen molar-refractivity contribution in [3.05, 3.63) is 0 Å². The van der Waals surface area contributed by atoms with E-state index in [2.05, 4.69) is 10.6 Å². The second-order valence-corrected chi connectivity index (χ2v) is 3.56. The van der Waals surface area contributed by atoms with Gasteiger partial charge >= 0.3 is 6.03 Å². The first-order valence-electron chi connectivity index (χ1n) is 4.45. The van der Waals surface area contributed by atoms with Crippen LogP contribution in [0.5, 0.6) is 0 Å². The molecular weight excluding hydrogens is 170 g/mol. The molecule has 0 saturated carbocycles. The molecule has 1 saturated heterocycles. The van der Waals surface area contributed by atoms with Crippen molar-refractivity contribution in [2.75, 3.05) is 27.2 Å². The van der Waals surface area contributed by atoms with Crippen LogP contribution in [0.1, 0.15) is 6.42 Å². The van der Waals surface area contributed by atoms with Gasteiger partial charge in [-0.25, -0.2) is 4.79 Å². The maximum atomic E-state index is 11.2. The van der Waals surface area contributed by atoms with Crippen molar-refractivity contribution in [3.63, 3.8) is 0 Å². The van der Waals surface area contributed by atoms with Gasteiger partial charge in [-0.15, -0.1) is 0 Å². The number of aliphatic hydroxyl groups is 1. The third-order valence-corrected chi connectivity index (χ3v) is 2.18. The van der Waals surface area contributed by atoms with Crippen LogP contribution in [0.2, 0.25) is 0 Å². The summed E-state index contributed by atoms with van der Waals surface area (Å²) in [6, 6.07) is 0.199. The summed E-state index contributed by atoms with van der Waals surface area (Å²) >= 11 is 0. The molecule has 1 fully saturated rings. The number of hydrogen-bond donors (Lipinski definition) is 3. The lowest BCUT2D eigenvalue weighted by atomic mass is 10.2. The predicted octanol–water partition coefficient (Wildman–Crippen LogP) is -1.02. The fourth-order valence-corrected chi connectivity index (χ4v) is 1.37. The number of carbonyl (C=O) groups excluding carboxylic acids is 1. The summed E-state index contributed by atoms with van der Waals surface area (Å²) in [7, 11) is 3.42. The Morgan fingerprint density at radius 1 is 1.69 bits per heavy atom. The smallest absolute Gasteiger partial charge is 0.317 e. The number of nitrogens with one attached hydrogen (secondary N) is 2. The molecule has 0 radical (unpaired) electrons. The number of aliphatic hydroxyl groups excluding tert-OH is 1. The standard InChI is InChI=1S/C8H17N3O2/c1-11(2)8(13)10-6-3-7(5-12)9-4-6/h6-7,9,12H,3-5H2,1-2H3,(H,10,13). The second kappa shape index (κ2) is 4.43. The summed E-state index contributed by atoms with van der Waals surface area (Å²) in [4.78, 5) is 12.7. The number of carbonyl (C=O) groups is 1. The van der Waals surface area contributed by atoms with Crippen LogP contribution in [-0.4, -0.2) is 55.4 Å². The van der Waals surface area contributed by atoms with E-state index < -0.39 is 0 Å². The molecule has 0 bridgehead atoms. The fourth-order valence-electron chi connectivity index (χ4n) is 1.37. The molecular formula is C8H17N3O2. The zero-order chi connectivity index (χ0) is 9.84. The maximum Gasteiger partial charge on any atom is 0.317 e. The van der Waals surface area contributed by atoms with Gasteiger partial charge in [-0.2, -0.15) is 0 Å². The molecule has 0 aromatic heterocycles. The molecule has 2 amide bonds. The van der Waals surface area contributed by atoms with Gasteiger partial charge in [0.25, 0.3) is 0 Å². The SMILES string of the molecule is CN(C)C(=O)NC1CNC(CO)C1. The Morgan fingerprint density at radius 3 is 2.85 bits per heavy atom. The van der Waals surface area contributed by atoms with Gasteiger partial charge in [-0.1, -0.05) is 0 Å². The van der Waals surface area contributed by atoms with E-state index in [1.54, 1.807) is 14.1 Å². The van der Waals surface area contributed by atoms with Gasteiger partial charge < -0.3 is 20.6 Å². The van der Waals surface area contributed by atoms with E-state index in [0.717, 1.165) is 13.0 Å². The summed E-state index contributed by atoms with van der Waals surface area (Å²) in [5.74, 6) is 0. The number of nitrogens with zero attached hydrogens (tertiary/aromatic N) is 1. The predicted molar refractivity (Wildman–Crippen MR) is 49.5 cm³/mol. The number of urea groups is 1. The molecule has 5 nitrogen and oxygen atoms in total. The van der Waals surface area contributed by atoms with Crippen molar-refractivity contribution < 1.29 is 9.90 Å².